The molecule has 1 aliphatic rings. The molecule has 1 saturated heterocycles. The number of nitrogens with one attached hydrogen (secondary N) is 2. The van der Waals surface area contributed by atoms with Gasteiger partial charge in [-0.05, 0) is 37.5 Å². The molecule has 2 heterocycles. The van der Waals surface area contributed by atoms with E-state index in [4.69, 9.17) is 4.74 Å². The van der Waals surface area contributed by atoms with Crippen LogP contribution < -0.4 is 15.4 Å². The van der Waals surface area contributed by atoms with E-state index >= 15 is 0 Å². The van der Waals surface area contributed by atoms with Gasteiger partial charge < -0.3 is 15.4 Å². The lowest BCUT2D eigenvalue weighted by Crippen LogP contribution is -2.43. The Labute approximate surface area is 166 Å². The van der Waals surface area contributed by atoms with Crippen LogP contribution in [0.1, 0.15) is 38.7 Å². The number of thioether (sulfide) groups is 1. The minimum atomic E-state index is 0. The second kappa shape index (κ2) is 11.0. The maximum absolute atomic E-state index is 5.49. The minimum Gasteiger partial charge on any atom is -0.478 e. The summed E-state index contributed by atoms with van der Waals surface area (Å²) in [7, 11) is 1.80. The summed E-state index contributed by atoms with van der Waals surface area (Å²) in [6, 6.07) is 3.95. The summed E-state index contributed by atoms with van der Waals surface area (Å²) in [5.74, 6) is 2.79. The molecule has 0 aliphatic carbocycles. The zero-order valence-corrected chi connectivity index (χ0v) is 17.9. The van der Waals surface area contributed by atoms with Gasteiger partial charge in [-0.25, -0.2) is 4.98 Å². The number of halogens is 1. The Morgan fingerprint density at radius 2 is 2.25 bits per heavy atom. The van der Waals surface area contributed by atoms with Gasteiger partial charge in [0.05, 0.1) is 6.61 Å². The summed E-state index contributed by atoms with van der Waals surface area (Å²) in [4.78, 5) is 8.61. The quantitative estimate of drug-likeness (QED) is 0.368. The molecule has 1 aromatic rings. The number of hydrogen-bond acceptors (Lipinski definition) is 4. The van der Waals surface area contributed by atoms with E-state index in [1.807, 2.05) is 18.3 Å². The van der Waals surface area contributed by atoms with Crippen molar-refractivity contribution in [2.24, 2.45) is 4.99 Å². The fourth-order valence-electron chi connectivity index (χ4n) is 2.46. The second-order valence-electron chi connectivity index (χ2n) is 6.03. The van der Waals surface area contributed by atoms with Gasteiger partial charge in [0.1, 0.15) is 0 Å². The van der Waals surface area contributed by atoms with Gasteiger partial charge in [-0.2, -0.15) is 11.8 Å². The van der Waals surface area contributed by atoms with Crippen molar-refractivity contribution in [3.63, 3.8) is 0 Å². The molecule has 2 N–H and O–H groups in total. The molecule has 5 nitrogen and oxygen atoms in total. The van der Waals surface area contributed by atoms with Gasteiger partial charge in [0.15, 0.2) is 5.96 Å². The molecule has 1 aromatic heterocycles. The van der Waals surface area contributed by atoms with Crippen LogP contribution >= 0.6 is 35.7 Å². The number of pyridine rings is 1. The van der Waals surface area contributed by atoms with Gasteiger partial charge in [-0.3, -0.25) is 4.99 Å². The largest absolute Gasteiger partial charge is 0.478 e. The van der Waals surface area contributed by atoms with Gasteiger partial charge >= 0.3 is 0 Å². The lowest BCUT2D eigenvalue weighted by molar-refractivity contribution is 0.305. The Morgan fingerprint density at radius 1 is 1.42 bits per heavy atom. The highest BCUT2D eigenvalue weighted by molar-refractivity contribution is 14.0. The van der Waals surface area contributed by atoms with Crippen molar-refractivity contribution in [1.82, 2.24) is 15.6 Å². The first-order valence-corrected chi connectivity index (χ1v) is 9.30. The minimum absolute atomic E-state index is 0. The SMILES string of the molecule is CCCOc1ccc(CNC(=NC)NCC2(C)CCCS2)cn1.I. The average molecular weight is 464 g/mol. The Kier molecular flexibility index (Phi) is 9.80. The van der Waals surface area contributed by atoms with E-state index in [2.05, 4.69) is 46.2 Å². The zero-order chi connectivity index (χ0) is 16.5. The lowest BCUT2D eigenvalue weighted by atomic mass is 10.1. The number of aromatic nitrogens is 1. The molecular formula is C17H29IN4OS. The van der Waals surface area contributed by atoms with E-state index in [9.17, 15) is 0 Å². The molecule has 0 radical (unpaired) electrons. The highest BCUT2D eigenvalue weighted by Gasteiger charge is 2.29. The summed E-state index contributed by atoms with van der Waals surface area (Å²) in [5, 5.41) is 6.77. The van der Waals surface area contributed by atoms with E-state index in [1.54, 1.807) is 7.05 Å². The van der Waals surface area contributed by atoms with Crippen LogP contribution in [0.2, 0.25) is 0 Å². The first-order valence-electron chi connectivity index (χ1n) is 8.31. The van der Waals surface area contributed by atoms with Crippen LogP contribution in [-0.4, -0.2) is 41.6 Å². The molecule has 1 unspecified atom stereocenters. The van der Waals surface area contributed by atoms with Crippen LogP contribution in [0, 0.1) is 0 Å². The van der Waals surface area contributed by atoms with Gasteiger partial charge in [-0.15, -0.1) is 24.0 Å². The van der Waals surface area contributed by atoms with E-state index in [1.165, 1.54) is 18.6 Å². The molecule has 136 valence electrons. The van der Waals surface area contributed by atoms with Crippen molar-refractivity contribution in [2.75, 3.05) is 26.0 Å². The normalized spacial score (nSPS) is 20.4. The van der Waals surface area contributed by atoms with Crippen molar-refractivity contribution in [2.45, 2.75) is 44.4 Å². The molecule has 1 atom stereocenters. The smallest absolute Gasteiger partial charge is 0.213 e. The van der Waals surface area contributed by atoms with Crippen LogP contribution in [-0.2, 0) is 6.54 Å². The number of ether oxygens (including phenoxy) is 1. The topological polar surface area (TPSA) is 58.5 Å². The summed E-state index contributed by atoms with van der Waals surface area (Å²) < 4.78 is 5.82. The predicted octanol–water partition coefficient (Wildman–Crippen LogP) is 3.44. The van der Waals surface area contributed by atoms with Crippen molar-refractivity contribution >= 4 is 41.7 Å². The standard InChI is InChI=1S/C17H28N4OS.HI/c1-4-9-22-15-7-6-14(11-19-15)12-20-16(18-3)21-13-17(2)8-5-10-23-17;/h6-7,11H,4-5,8-10,12-13H2,1-3H3,(H2,18,20,21);1H. The third-order valence-corrected chi connectivity index (χ3v) is 5.40. The summed E-state index contributed by atoms with van der Waals surface area (Å²) >= 11 is 2.05. The predicted molar refractivity (Wildman–Crippen MR) is 114 cm³/mol. The monoisotopic (exact) mass is 464 g/mol. The fraction of sp³-hybridized carbons (Fsp3) is 0.647. The van der Waals surface area contributed by atoms with Crippen molar-refractivity contribution in [3.05, 3.63) is 23.9 Å². The first-order chi connectivity index (χ1) is 11.1. The average Bonchev–Trinajstić information content (AvgIpc) is 3.01. The molecule has 1 aliphatic heterocycles. The molecule has 7 heteroatoms. The van der Waals surface area contributed by atoms with Crippen LogP contribution in [0.15, 0.2) is 23.3 Å². The zero-order valence-electron chi connectivity index (χ0n) is 14.8. The van der Waals surface area contributed by atoms with Gasteiger partial charge in [0.25, 0.3) is 0 Å². The molecule has 1 fully saturated rings. The van der Waals surface area contributed by atoms with Gasteiger partial charge in [0.2, 0.25) is 5.88 Å². The molecule has 0 saturated carbocycles. The number of hydrogen-bond donors (Lipinski definition) is 2. The van der Waals surface area contributed by atoms with Crippen molar-refractivity contribution in [3.8, 4) is 5.88 Å². The Morgan fingerprint density at radius 3 is 2.83 bits per heavy atom. The highest BCUT2D eigenvalue weighted by atomic mass is 127. The molecular weight excluding hydrogens is 435 g/mol. The molecule has 0 aromatic carbocycles. The van der Waals surface area contributed by atoms with Crippen LogP contribution in [0.25, 0.3) is 0 Å². The molecule has 2 rings (SSSR count). The van der Waals surface area contributed by atoms with Crippen LogP contribution in [0.4, 0.5) is 0 Å². The van der Waals surface area contributed by atoms with Gasteiger partial charge in [-0.1, -0.05) is 13.0 Å². The third kappa shape index (κ3) is 7.04. The van der Waals surface area contributed by atoms with Crippen molar-refractivity contribution in [1.29, 1.82) is 0 Å². The van der Waals surface area contributed by atoms with Crippen LogP contribution in [0.5, 0.6) is 5.88 Å². The number of nitrogens with zero attached hydrogens (tertiary/aromatic N) is 2. The maximum Gasteiger partial charge on any atom is 0.213 e. The van der Waals surface area contributed by atoms with E-state index in [-0.39, 0.29) is 24.0 Å². The Balaban J connectivity index is 0.00000288. The second-order valence-corrected chi connectivity index (χ2v) is 7.72. The molecule has 0 bridgehead atoms. The number of rotatable bonds is 7. The van der Waals surface area contributed by atoms with E-state index in [0.29, 0.717) is 23.8 Å². The number of guanidine groups is 1. The Bertz CT molecular complexity index is 504. The first kappa shape index (κ1) is 21.3. The molecule has 0 spiro atoms. The summed E-state index contributed by atoms with van der Waals surface area (Å²) in [6.07, 6.45) is 5.42. The van der Waals surface area contributed by atoms with Crippen LogP contribution in [0.3, 0.4) is 0 Å². The van der Waals surface area contributed by atoms with E-state index < -0.39 is 0 Å². The highest BCUT2D eigenvalue weighted by Crippen LogP contribution is 2.36. The Hall–Kier alpha value is -0.700. The molecule has 0 amide bonds. The van der Waals surface area contributed by atoms with Gasteiger partial charge in [0, 0.05) is 37.1 Å². The third-order valence-electron chi connectivity index (χ3n) is 3.87. The maximum atomic E-state index is 5.49. The molecule has 24 heavy (non-hydrogen) atoms. The number of aliphatic imine (C=N–C) groups is 1. The fourth-order valence-corrected chi connectivity index (χ4v) is 3.71. The van der Waals surface area contributed by atoms with E-state index in [0.717, 1.165) is 24.5 Å². The summed E-state index contributed by atoms with van der Waals surface area (Å²) in [5.41, 5.74) is 1.11. The van der Waals surface area contributed by atoms with Crippen molar-refractivity contribution < 1.29 is 4.74 Å². The lowest BCUT2D eigenvalue weighted by Gasteiger charge is -2.24. The summed E-state index contributed by atoms with van der Waals surface area (Å²) in [6.45, 7) is 6.76.